The van der Waals surface area contributed by atoms with E-state index in [9.17, 15) is 14.7 Å². The average molecular weight is 359 g/mol. The fourth-order valence-corrected chi connectivity index (χ4v) is 2.32. The van der Waals surface area contributed by atoms with Crippen LogP contribution < -0.4 is 15.8 Å². The lowest BCUT2D eigenvalue weighted by Gasteiger charge is -2.25. The van der Waals surface area contributed by atoms with Crippen molar-refractivity contribution in [3.05, 3.63) is 28.8 Å². The highest BCUT2D eigenvalue weighted by Gasteiger charge is 2.34. The van der Waals surface area contributed by atoms with Gasteiger partial charge in [0.2, 0.25) is 5.91 Å². The Kier molecular flexibility index (Phi) is 7.47. The first-order valence-electron chi connectivity index (χ1n) is 7.32. The van der Waals surface area contributed by atoms with Gasteiger partial charge in [0.05, 0.1) is 31.9 Å². The Balaban J connectivity index is 2.65. The number of carbonyl (C=O) groups is 2. The lowest BCUT2D eigenvalue weighted by atomic mass is 9.91. The summed E-state index contributed by atoms with van der Waals surface area (Å²) >= 11 is 6.04. The number of hydrogen-bond acceptors (Lipinski definition) is 6. The summed E-state index contributed by atoms with van der Waals surface area (Å²) < 4.78 is 9.69. The molecule has 4 N–H and O–H groups in total. The van der Waals surface area contributed by atoms with Crippen molar-refractivity contribution < 1.29 is 24.2 Å². The smallest absolute Gasteiger partial charge is 0.315 e. The summed E-state index contributed by atoms with van der Waals surface area (Å²) in [6.07, 6.45) is 0.267. The quantitative estimate of drug-likeness (QED) is 0.584. The van der Waals surface area contributed by atoms with E-state index in [0.717, 1.165) is 5.56 Å². The average Bonchev–Trinajstić information content (AvgIpc) is 2.58. The number of esters is 1. The number of hydrogen-bond donors (Lipinski definition) is 3. The number of methoxy groups -OCH3 is 2. The van der Waals surface area contributed by atoms with Crippen LogP contribution >= 0.6 is 11.6 Å². The van der Waals surface area contributed by atoms with Crippen LogP contribution in [0.15, 0.2) is 18.2 Å². The van der Waals surface area contributed by atoms with Crippen molar-refractivity contribution in [2.45, 2.75) is 19.4 Å². The van der Waals surface area contributed by atoms with Crippen LogP contribution in [0.4, 0.5) is 0 Å². The summed E-state index contributed by atoms with van der Waals surface area (Å²) in [4.78, 5) is 23.7. The van der Waals surface area contributed by atoms with Gasteiger partial charge in [-0.2, -0.15) is 0 Å². The number of halogens is 1. The van der Waals surface area contributed by atoms with Crippen LogP contribution in [0.3, 0.4) is 0 Å². The van der Waals surface area contributed by atoms with Crippen LogP contribution in [-0.2, 0) is 20.7 Å². The minimum atomic E-state index is -1.21. The Bertz CT molecular complexity index is 596. The summed E-state index contributed by atoms with van der Waals surface area (Å²) in [6, 6.07) is 4.32. The molecule has 8 heteroatoms. The van der Waals surface area contributed by atoms with Gasteiger partial charge in [-0.1, -0.05) is 17.7 Å². The molecule has 1 aromatic rings. The topological polar surface area (TPSA) is 111 Å². The number of nitrogens with two attached hydrogens (primary N) is 1. The summed E-state index contributed by atoms with van der Waals surface area (Å²) in [5.74, 6) is -0.512. The normalized spacial score (nSPS) is 14.4. The molecule has 134 valence electrons. The molecule has 0 saturated carbocycles. The van der Waals surface area contributed by atoms with Crippen LogP contribution in [0.5, 0.6) is 5.75 Å². The van der Waals surface area contributed by atoms with E-state index in [2.05, 4.69) is 10.1 Å². The molecule has 0 aliphatic carbocycles. The van der Waals surface area contributed by atoms with E-state index in [1.54, 1.807) is 18.2 Å². The standard InChI is InChI=1S/C16H23ClN2O5/c1-16(9-20,15(22)24-3)8-19-14(21)12(18)7-10-4-5-13(23-2)11(17)6-10/h4-6,12,20H,7-9,18H2,1-3H3,(H,19,21)/t12-,16?/m1/s1. The predicted octanol–water partition coefficient (Wildman–Crippen LogP) is 0.506. The third-order valence-corrected chi connectivity index (χ3v) is 3.98. The van der Waals surface area contributed by atoms with E-state index in [1.165, 1.54) is 21.1 Å². The van der Waals surface area contributed by atoms with E-state index in [0.29, 0.717) is 10.8 Å². The van der Waals surface area contributed by atoms with Gasteiger partial charge in [0, 0.05) is 6.54 Å². The highest BCUT2D eigenvalue weighted by atomic mass is 35.5. The van der Waals surface area contributed by atoms with Gasteiger partial charge in [0.1, 0.15) is 11.2 Å². The maximum absolute atomic E-state index is 12.1. The molecule has 0 bridgehead atoms. The minimum absolute atomic E-state index is 0.0773. The van der Waals surface area contributed by atoms with Crippen molar-refractivity contribution in [2.24, 2.45) is 11.1 Å². The van der Waals surface area contributed by atoms with Crippen LogP contribution in [0.2, 0.25) is 5.02 Å². The lowest BCUT2D eigenvalue weighted by molar-refractivity contribution is -0.154. The van der Waals surface area contributed by atoms with Crippen LogP contribution in [0.25, 0.3) is 0 Å². The van der Waals surface area contributed by atoms with Crippen molar-refractivity contribution in [2.75, 3.05) is 27.4 Å². The number of nitrogens with one attached hydrogen (secondary N) is 1. The van der Waals surface area contributed by atoms with Gasteiger partial charge >= 0.3 is 5.97 Å². The summed E-state index contributed by atoms with van der Waals surface area (Å²) in [5, 5.41) is 12.3. The molecule has 1 amide bonds. The highest BCUT2D eigenvalue weighted by molar-refractivity contribution is 6.32. The van der Waals surface area contributed by atoms with Crippen LogP contribution in [0, 0.1) is 5.41 Å². The molecule has 2 atom stereocenters. The first-order chi connectivity index (χ1) is 11.3. The van der Waals surface area contributed by atoms with Crippen molar-refractivity contribution >= 4 is 23.5 Å². The maximum Gasteiger partial charge on any atom is 0.315 e. The SMILES string of the molecule is COC(=O)C(C)(CO)CNC(=O)[C@H](N)Cc1ccc(OC)c(Cl)c1. The Morgan fingerprint density at radius 1 is 1.42 bits per heavy atom. The molecule has 0 radical (unpaired) electrons. The number of aliphatic hydroxyl groups excluding tert-OH is 1. The second-order valence-corrected chi connectivity index (χ2v) is 6.11. The predicted molar refractivity (Wildman–Crippen MR) is 89.9 cm³/mol. The number of aliphatic hydroxyl groups is 1. The number of ether oxygens (including phenoxy) is 2. The molecule has 0 aliphatic rings. The zero-order chi connectivity index (χ0) is 18.3. The zero-order valence-electron chi connectivity index (χ0n) is 14.0. The van der Waals surface area contributed by atoms with E-state index in [4.69, 9.17) is 22.1 Å². The second-order valence-electron chi connectivity index (χ2n) is 5.71. The summed E-state index contributed by atoms with van der Waals surface area (Å²) in [6.45, 7) is 0.962. The molecule has 0 saturated heterocycles. The monoisotopic (exact) mass is 358 g/mol. The van der Waals surface area contributed by atoms with Crippen LogP contribution in [-0.4, -0.2) is 50.4 Å². The largest absolute Gasteiger partial charge is 0.495 e. The van der Waals surface area contributed by atoms with Gasteiger partial charge in [-0.15, -0.1) is 0 Å². The van der Waals surface area contributed by atoms with Gasteiger partial charge in [0.15, 0.2) is 0 Å². The number of rotatable bonds is 8. The third-order valence-electron chi connectivity index (χ3n) is 3.69. The third kappa shape index (κ3) is 5.09. The van der Waals surface area contributed by atoms with Crippen molar-refractivity contribution in [3.8, 4) is 5.75 Å². The fourth-order valence-electron chi connectivity index (χ4n) is 2.04. The first-order valence-corrected chi connectivity index (χ1v) is 7.70. The summed E-state index contributed by atoms with van der Waals surface area (Å²) in [7, 11) is 2.73. The Hall–Kier alpha value is -1.83. The van der Waals surface area contributed by atoms with E-state index < -0.39 is 29.9 Å². The maximum atomic E-state index is 12.1. The van der Waals surface area contributed by atoms with E-state index >= 15 is 0 Å². The lowest BCUT2D eigenvalue weighted by Crippen LogP contribution is -2.49. The molecule has 1 aromatic carbocycles. The van der Waals surface area contributed by atoms with Crippen molar-refractivity contribution in [1.29, 1.82) is 0 Å². The molecule has 1 unspecified atom stereocenters. The first kappa shape index (κ1) is 20.2. The molecule has 1 rings (SSSR count). The summed E-state index contributed by atoms with van der Waals surface area (Å²) in [5.41, 5.74) is 5.45. The highest BCUT2D eigenvalue weighted by Crippen LogP contribution is 2.25. The van der Waals surface area contributed by atoms with E-state index in [1.807, 2.05) is 0 Å². The zero-order valence-corrected chi connectivity index (χ0v) is 14.7. The molecule has 7 nitrogen and oxygen atoms in total. The molecule has 0 aromatic heterocycles. The van der Waals surface area contributed by atoms with Gasteiger partial charge in [-0.3, -0.25) is 9.59 Å². The second kappa shape index (κ2) is 8.86. The van der Waals surface area contributed by atoms with Gasteiger partial charge in [0.25, 0.3) is 0 Å². The molecule has 24 heavy (non-hydrogen) atoms. The molecule has 0 spiro atoms. The number of amides is 1. The van der Waals surface area contributed by atoms with Gasteiger partial charge in [-0.05, 0) is 31.0 Å². The Morgan fingerprint density at radius 3 is 2.58 bits per heavy atom. The van der Waals surface area contributed by atoms with Crippen molar-refractivity contribution in [1.82, 2.24) is 5.32 Å². The van der Waals surface area contributed by atoms with E-state index in [-0.39, 0.29) is 13.0 Å². The molecule has 0 aliphatic heterocycles. The Morgan fingerprint density at radius 2 is 2.08 bits per heavy atom. The number of benzene rings is 1. The van der Waals surface area contributed by atoms with Gasteiger partial charge in [-0.25, -0.2) is 0 Å². The molecular weight excluding hydrogens is 336 g/mol. The molecular formula is C16H23ClN2O5. The van der Waals surface area contributed by atoms with Gasteiger partial charge < -0.3 is 25.6 Å². The fraction of sp³-hybridized carbons (Fsp3) is 0.500. The van der Waals surface area contributed by atoms with Crippen molar-refractivity contribution in [3.63, 3.8) is 0 Å². The molecule has 0 fully saturated rings. The number of carbonyl (C=O) groups excluding carboxylic acids is 2. The molecule has 0 heterocycles. The Labute approximate surface area is 146 Å². The van der Waals surface area contributed by atoms with Crippen LogP contribution in [0.1, 0.15) is 12.5 Å². The minimum Gasteiger partial charge on any atom is -0.495 e.